The van der Waals surface area contributed by atoms with Gasteiger partial charge in [0.25, 0.3) is 5.91 Å². The van der Waals surface area contributed by atoms with E-state index < -0.39 is 10.0 Å². The predicted octanol–water partition coefficient (Wildman–Crippen LogP) is 4.40. The molecule has 1 fully saturated rings. The van der Waals surface area contributed by atoms with Gasteiger partial charge in [0.2, 0.25) is 10.0 Å². The zero-order valence-electron chi connectivity index (χ0n) is 17.2. The minimum absolute atomic E-state index is 0.250. The molecular formula is C24H24N2O4S. The minimum atomic E-state index is -3.44. The normalized spacial score (nSPS) is 14.4. The number of benzene rings is 3. The summed E-state index contributed by atoms with van der Waals surface area (Å²) in [6, 6.07) is 21.3. The van der Waals surface area contributed by atoms with E-state index in [2.05, 4.69) is 5.32 Å². The van der Waals surface area contributed by atoms with Crippen molar-refractivity contribution < 1.29 is 17.9 Å². The maximum absolute atomic E-state index is 12.7. The molecule has 4 rings (SSSR count). The lowest BCUT2D eigenvalue weighted by Gasteiger charge is -2.15. The number of carbonyl (C=O) groups is 1. The molecule has 1 heterocycles. The number of nitrogens with one attached hydrogen (secondary N) is 1. The van der Waals surface area contributed by atoms with Gasteiger partial charge in [0, 0.05) is 18.7 Å². The number of carbonyl (C=O) groups excluding carboxylic acids is 1. The summed E-state index contributed by atoms with van der Waals surface area (Å²) in [7, 11) is -1.89. The van der Waals surface area contributed by atoms with Crippen LogP contribution in [0.25, 0.3) is 11.1 Å². The van der Waals surface area contributed by atoms with E-state index in [1.165, 1.54) is 4.31 Å². The van der Waals surface area contributed by atoms with Crippen LogP contribution in [0.5, 0.6) is 5.75 Å². The average molecular weight is 437 g/mol. The molecule has 0 aliphatic carbocycles. The molecule has 0 spiro atoms. The van der Waals surface area contributed by atoms with Gasteiger partial charge in [-0.25, -0.2) is 8.42 Å². The largest absolute Gasteiger partial charge is 0.495 e. The third-order valence-electron chi connectivity index (χ3n) is 5.37. The van der Waals surface area contributed by atoms with Crippen LogP contribution in [0.4, 0.5) is 5.69 Å². The number of ether oxygens (including phenoxy) is 1. The Kier molecular flexibility index (Phi) is 6.06. The molecule has 7 heteroatoms. The second kappa shape index (κ2) is 8.91. The zero-order chi connectivity index (χ0) is 21.8. The molecule has 0 bridgehead atoms. The summed E-state index contributed by atoms with van der Waals surface area (Å²) in [5, 5.41) is 2.87. The van der Waals surface area contributed by atoms with Crippen LogP contribution in [-0.2, 0) is 10.0 Å². The second-order valence-electron chi connectivity index (χ2n) is 7.37. The summed E-state index contributed by atoms with van der Waals surface area (Å²) in [6.07, 6.45) is 1.81. The van der Waals surface area contributed by atoms with Crippen molar-refractivity contribution in [2.75, 3.05) is 25.5 Å². The third-order valence-corrected chi connectivity index (χ3v) is 7.28. The van der Waals surface area contributed by atoms with Crippen LogP contribution in [0.2, 0.25) is 0 Å². The summed E-state index contributed by atoms with van der Waals surface area (Å²) in [4.78, 5) is 13.0. The fourth-order valence-electron chi connectivity index (χ4n) is 3.68. The summed E-state index contributed by atoms with van der Waals surface area (Å²) >= 11 is 0. The van der Waals surface area contributed by atoms with Gasteiger partial charge >= 0.3 is 0 Å². The van der Waals surface area contributed by atoms with Crippen molar-refractivity contribution in [1.82, 2.24) is 4.31 Å². The van der Waals surface area contributed by atoms with E-state index in [0.29, 0.717) is 35.0 Å². The van der Waals surface area contributed by atoms with Crippen molar-refractivity contribution in [2.24, 2.45) is 0 Å². The van der Waals surface area contributed by atoms with Gasteiger partial charge in [0.15, 0.2) is 0 Å². The highest BCUT2D eigenvalue weighted by molar-refractivity contribution is 7.89. The summed E-state index contributed by atoms with van der Waals surface area (Å²) in [6.45, 7) is 1.15. The number of rotatable bonds is 6. The molecule has 1 amide bonds. The van der Waals surface area contributed by atoms with Crippen LogP contribution < -0.4 is 10.1 Å². The first kappa shape index (κ1) is 21.1. The Balaban J connectivity index is 1.55. The molecule has 160 valence electrons. The Bertz CT molecular complexity index is 1180. The van der Waals surface area contributed by atoms with Crippen LogP contribution in [-0.4, -0.2) is 38.8 Å². The first-order valence-corrected chi connectivity index (χ1v) is 11.6. The summed E-state index contributed by atoms with van der Waals surface area (Å²) in [5.74, 6) is 0.335. The van der Waals surface area contributed by atoms with Crippen LogP contribution in [0.3, 0.4) is 0 Å². The number of hydrogen-bond acceptors (Lipinski definition) is 4. The van der Waals surface area contributed by atoms with Crippen molar-refractivity contribution in [3.8, 4) is 16.9 Å². The van der Waals surface area contributed by atoms with E-state index >= 15 is 0 Å². The number of nitrogens with zero attached hydrogens (tertiary/aromatic N) is 1. The Labute approximate surface area is 182 Å². The zero-order valence-corrected chi connectivity index (χ0v) is 18.1. The van der Waals surface area contributed by atoms with E-state index in [9.17, 15) is 13.2 Å². The lowest BCUT2D eigenvalue weighted by molar-refractivity contribution is 0.102. The highest BCUT2D eigenvalue weighted by Crippen LogP contribution is 2.27. The second-order valence-corrected chi connectivity index (χ2v) is 9.31. The standard InChI is InChI=1S/C24H24N2O4S/c1-30-23-10-3-2-9-22(23)25-24(27)20-8-6-7-19(17-20)18-11-13-21(14-12-18)31(28,29)26-15-4-5-16-26/h2-3,6-14,17H,4-5,15-16H2,1H3,(H,25,27). The monoisotopic (exact) mass is 436 g/mol. The number of para-hydroxylation sites is 2. The van der Waals surface area contributed by atoms with Crippen molar-refractivity contribution in [3.63, 3.8) is 0 Å². The van der Waals surface area contributed by atoms with Gasteiger partial charge in [-0.15, -0.1) is 0 Å². The van der Waals surface area contributed by atoms with Crippen LogP contribution >= 0.6 is 0 Å². The first-order valence-electron chi connectivity index (χ1n) is 10.1. The summed E-state index contributed by atoms with van der Waals surface area (Å²) < 4.78 is 32.2. The van der Waals surface area contributed by atoms with E-state index in [0.717, 1.165) is 24.0 Å². The molecule has 3 aromatic carbocycles. The van der Waals surface area contributed by atoms with Gasteiger partial charge in [0.1, 0.15) is 5.75 Å². The highest BCUT2D eigenvalue weighted by Gasteiger charge is 2.26. The molecule has 1 aliphatic heterocycles. The lowest BCUT2D eigenvalue weighted by Crippen LogP contribution is -2.27. The molecule has 0 atom stereocenters. The van der Waals surface area contributed by atoms with E-state index in [1.807, 2.05) is 18.2 Å². The maximum atomic E-state index is 12.7. The topological polar surface area (TPSA) is 75.7 Å². The van der Waals surface area contributed by atoms with E-state index in [-0.39, 0.29) is 5.91 Å². The molecule has 0 unspecified atom stereocenters. The Morgan fingerprint density at radius 2 is 1.61 bits per heavy atom. The highest BCUT2D eigenvalue weighted by atomic mass is 32.2. The van der Waals surface area contributed by atoms with Crippen molar-refractivity contribution >= 4 is 21.6 Å². The molecule has 1 aliphatic rings. The van der Waals surface area contributed by atoms with Gasteiger partial charge in [0.05, 0.1) is 17.7 Å². The molecular weight excluding hydrogens is 412 g/mol. The van der Waals surface area contributed by atoms with Gasteiger partial charge < -0.3 is 10.1 Å². The Hall–Kier alpha value is -3.16. The smallest absolute Gasteiger partial charge is 0.255 e. The number of anilines is 1. The van der Waals surface area contributed by atoms with Gasteiger partial charge in [-0.1, -0.05) is 36.4 Å². The summed E-state index contributed by atoms with van der Waals surface area (Å²) in [5.41, 5.74) is 2.76. The average Bonchev–Trinajstić information content (AvgIpc) is 3.36. The van der Waals surface area contributed by atoms with Gasteiger partial charge in [-0.2, -0.15) is 4.31 Å². The van der Waals surface area contributed by atoms with Crippen molar-refractivity contribution in [3.05, 3.63) is 78.4 Å². The number of amides is 1. The minimum Gasteiger partial charge on any atom is -0.495 e. The Morgan fingerprint density at radius 1 is 0.903 bits per heavy atom. The van der Waals surface area contributed by atoms with Gasteiger partial charge in [-0.05, 0) is 60.4 Å². The van der Waals surface area contributed by atoms with Gasteiger partial charge in [-0.3, -0.25) is 4.79 Å². The first-order chi connectivity index (χ1) is 15.0. The van der Waals surface area contributed by atoms with Crippen molar-refractivity contribution in [2.45, 2.75) is 17.7 Å². The number of hydrogen-bond donors (Lipinski definition) is 1. The molecule has 0 saturated carbocycles. The van der Waals surface area contributed by atoms with Crippen molar-refractivity contribution in [1.29, 1.82) is 0 Å². The fourth-order valence-corrected chi connectivity index (χ4v) is 5.20. The predicted molar refractivity (Wildman–Crippen MR) is 121 cm³/mol. The molecule has 31 heavy (non-hydrogen) atoms. The molecule has 3 aromatic rings. The van der Waals surface area contributed by atoms with Crippen LogP contribution in [0.15, 0.2) is 77.7 Å². The molecule has 0 radical (unpaired) electrons. The number of methoxy groups -OCH3 is 1. The fraction of sp³-hybridized carbons (Fsp3) is 0.208. The van der Waals surface area contributed by atoms with E-state index in [4.69, 9.17) is 4.74 Å². The quantitative estimate of drug-likeness (QED) is 0.621. The third kappa shape index (κ3) is 4.47. The van der Waals surface area contributed by atoms with E-state index in [1.54, 1.807) is 61.7 Å². The maximum Gasteiger partial charge on any atom is 0.255 e. The molecule has 1 N–H and O–H groups in total. The molecule has 0 aromatic heterocycles. The SMILES string of the molecule is COc1ccccc1NC(=O)c1cccc(-c2ccc(S(=O)(=O)N3CCCC3)cc2)c1. The van der Waals surface area contributed by atoms with Crippen LogP contribution in [0.1, 0.15) is 23.2 Å². The molecule has 1 saturated heterocycles. The van der Waals surface area contributed by atoms with Crippen LogP contribution in [0, 0.1) is 0 Å². The Morgan fingerprint density at radius 3 is 2.32 bits per heavy atom. The number of sulfonamides is 1. The lowest BCUT2D eigenvalue weighted by atomic mass is 10.0. The molecule has 6 nitrogen and oxygen atoms in total.